The summed E-state index contributed by atoms with van der Waals surface area (Å²) >= 11 is 13.1. The van der Waals surface area contributed by atoms with E-state index in [1.165, 1.54) is 11.3 Å². The van der Waals surface area contributed by atoms with Gasteiger partial charge in [-0.2, -0.15) is 13.2 Å². The third kappa shape index (κ3) is 3.49. The molecule has 0 amide bonds. The van der Waals surface area contributed by atoms with Crippen LogP contribution < -0.4 is 0 Å². The largest absolute Gasteiger partial charge is 0.417 e. The number of thiazole rings is 1. The minimum absolute atomic E-state index is 0.0900. The number of alkyl halides is 3. The molecule has 3 aromatic rings. The molecule has 0 aliphatic rings. The van der Waals surface area contributed by atoms with E-state index in [-0.39, 0.29) is 10.7 Å². The van der Waals surface area contributed by atoms with E-state index in [0.29, 0.717) is 15.7 Å². The summed E-state index contributed by atoms with van der Waals surface area (Å²) in [5.74, 6) is 0. The Labute approximate surface area is 143 Å². The predicted molar refractivity (Wildman–Crippen MR) is 85.8 cm³/mol. The lowest BCUT2D eigenvalue weighted by molar-refractivity contribution is -0.137. The number of benzene rings is 1. The fourth-order valence-electron chi connectivity index (χ4n) is 1.89. The lowest BCUT2D eigenvalue weighted by atomic mass is 10.2. The Hall–Kier alpha value is -1.63. The van der Waals surface area contributed by atoms with Gasteiger partial charge in [0.1, 0.15) is 16.4 Å². The van der Waals surface area contributed by atoms with E-state index in [9.17, 15) is 13.2 Å². The van der Waals surface area contributed by atoms with Crippen molar-refractivity contribution in [1.82, 2.24) is 9.97 Å². The van der Waals surface area contributed by atoms with Crippen molar-refractivity contribution in [3.05, 3.63) is 57.5 Å². The first-order valence-corrected chi connectivity index (χ1v) is 7.93. The van der Waals surface area contributed by atoms with Crippen molar-refractivity contribution in [2.24, 2.45) is 0 Å². The van der Waals surface area contributed by atoms with E-state index in [1.807, 2.05) is 12.1 Å². The maximum Gasteiger partial charge on any atom is 0.417 e. The van der Waals surface area contributed by atoms with Gasteiger partial charge in [0.25, 0.3) is 0 Å². The Bertz CT molecular complexity index is 845. The summed E-state index contributed by atoms with van der Waals surface area (Å²) in [6.07, 6.45) is -3.73. The Morgan fingerprint density at radius 2 is 1.74 bits per heavy atom. The Morgan fingerprint density at radius 3 is 2.35 bits per heavy atom. The van der Waals surface area contributed by atoms with Crippen molar-refractivity contribution in [2.45, 2.75) is 6.18 Å². The lowest BCUT2D eigenvalue weighted by Crippen LogP contribution is -2.05. The number of hydrogen-bond acceptors (Lipinski definition) is 3. The molecule has 2 aromatic heterocycles. The number of halogens is 5. The van der Waals surface area contributed by atoms with Gasteiger partial charge >= 0.3 is 6.18 Å². The molecule has 0 atom stereocenters. The first-order chi connectivity index (χ1) is 10.8. The highest BCUT2D eigenvalue weighted by Gasteiger charge is 2.31. The second kappa shape index (κ2) is 6.11. The number of hydrogen-bond donors (Lipinski definition) is 0. The van der Waals surface area contributed by atoms with Crippen LogP contribution in [0.1, 0.15) is 5.56 Å². The summed E-state index contributed by atoms with van der Waals surface area (Å²) < 4.78 is 37.9. The van der Waals surface area contributed by atoms with Crippen LogP contribution in [0, 0.1) is 0 Å². The molecule has 0 unspecified atom stereocenters. The monoisotopic (exact) mass is 374 g/mol. The van der Waals surface area contributed by atoms with Gasteiger partial charge in [-0.1, -0.05) is 35.3 Å². The van der Waals surface area contributed by atoms with Crippen LogP contribution in [0.15, 0.2) is 41.9 Å². The normalized spacial score (nSPS) is 11.7. The van der Waals surface area contributed by atoms with Gasteiger partial charge in [-0.05, 0) is 18.2 Å². The predicted octanol–water partition coefficient (Wildman–Crippen LogP) is 6.20. The highest BCUT2D eigenvalue weighted by atomic mass is 35.5. The van der Waals surface area contributed by atoms with Gasteiger partial charge in [0, 0.05) is 22.2 Å². The standard InChI is InChI=1S/C15H7Cl2F3N2S/c16-10-3-1-8(2-4-10)14-22-12(7-23-14)13-11(17)5-9(6-21-13)15(18,19)20/h1-7H. The highest BCUT2D eigenvalue weighted by molar-refractivity contribution is 7.13. The van der Waals surface area contributed by atoms with Crippen molar-refractivity contribution in [3.63, 3.8) is 0 Å². The maximum atomic E-state index is 12.6. The van der Waals surface area contributed by atoms with Crippen molar-refractivity contribution in [1.29, 1.82) is 0 Å². The SMILES string of the molecule is FC(F)(F)c1cnc(-c2csc(-c3ccc(Cl)cc3)n2)c(Cl)c1. The summed E-state index contributed by atoms with van der Waals surface area (Å²) in [6.45, 7) is 0. The zero-order valence-corrected chi connectivity index (χ0v) is 13.6. The summed E-state index contributed by atoms with van der Waals surface area (Å²) in [6, 6.07) is 7.95. The van der Waals surface area contributed by atoms with Crippen LogP contribution in [-0.4, -0.2) is 9.97 Å². The number of nitrogens with zero attached hydrogens (tertiary/aromatic N) is 2. The van der Waals surface area contributed by atoms with E-state index >= 15 is 0 Å². The van der Waals surface area contributed by atoms with Crippen LogP contribution in [-0.2, 0) is 6.18 Å². The van der Waals surface area contributed by atoms with Crippen molar-refractivity contribution >= 4 is 34.5 Å². The molecule has 1 aromatic carbocycles. The molecule has 118 valence electrons. The molecule has 23 heavy (non-hydrogen) atoms. The van der Waals surface area contributed by atoms with Gasteiger partial charge in [-0.15, -0.1) is 11.3 Å². The van der Waals surface area contributed by atoms with Gasteiger partial charge in [-0.25, -0.2) is 4.98 Å². The summed E-state index contributed by atoms with van der Waals surface area (Å²) in [7, 11) is 0. The Morgan fingerprint density at radius 1 is 1.04 bits per heavy atom. The second-order valence-electron chi connectivity index (χ2n) is 4.60. The topological polar surface area (TPSA) is 25.8 Å². The Balaban J connectivity index is 1.96. The minimum atomic E-state index is -4.48. The molecule has 0 aliphatic heterocycles. The first kappa shape index (κ1) is 16.2. The summed E-state index contributed by atoms with van der Waals surface area (Å²) in [5.41, 5.74) is 0.614. The van der Waals surface area contributed by atoms with Crippen molar-refractivity contribution in [3.8, 4) is 22.0 Å². The van der Waals surface area contributed by atoms with Gasteiger partial charge < -0.3 is 0 Å². The van der Waals surface area contributed by atoms with Gasteiger partial charge in [0.2, 0.25) is 0 Å². The number of rotatable bonds is 2. The average molecular weight is 375 g/mol. The van der Waals surface area contributed by atoms with Crippen LogP contribution in [0.2, 0.25) is 10.0 Å². The molecule has 0 aliphatic carbocycles. The zero-order chi connectivity index (χ0) is 16.6. The molecule has 0 fully saturated rings. The average Bonchev–Trinajstić information content (AvgIpc) is 2.96. The molecule has 2 heterocycles. The summed E-state index contributed by atoms with van der Waals surface area (Å²) in [4.78, 5) is 8.19. The van der Waals surface area contributed by atoms with Crippen LogP contribution in [0.4, 0.5) is 13.2 Å². The van der Waals surface area contributed by atoms with Crippen molar-refractivity contribution in [2.75, 3.05) is 0 Å². The zero-order valence-electron chi connectivity index (χ0n) is 11.2. The first-order valence-electron chi connectivity index (χ1n) is 6.29. The molecule has 0 spiro atoms. The molecular weight excluding hydrogens is 368 g/mol. The van der Waals surface area contributed by atoms with Crippen LogP contribution in [0.3, 0.4) is 0 Å². The Kier molecular flexibility index (Phi) is 4.31. The van der Waals surface area contributed by atoms with Crippen LogP contribution >= 0.6 is 34.5 Å². The third-order valence-corrected chi connectivity index (χ3v) is 4.44. The molecule has 8 heteroatoms. The molecule has 0 saturated heterocycles. The van der Waals surface area contributed by atoms with E-state index in [0.717, 1.165) is 17.8 Å². The molecule has 0 bridgehead atoms. The molecular formula is C15H7Cl2F3N2S. The maximum absolute atomic E-state index is 12.6. The molecule has 3 rings (SSSR count). The van der Waals surface area contributed by atoms with Crippen LogP contribution in [0.5, 0.6) is 0 Å². The van der Waals surface area contributed by atoms with Gasteiger partial charge in [0.15, 0.2) is 0 Å². The quantitative estimate of drug-likeness (QED) is 0.533. The van der Waals surface area contributed by atoms with Gasteiger partial charge in [0.05, 0.1) is 10.6 Å². The van der Waals surface area contributed by atoms with Crippen molar-refractivity contribution < 1.29 is 13.2 Å². The summed E-state index contributed by atoms with van der Waals surface area (Å²) in [5, 5.41) is 2.92. The fraction of sp³-hybridized carbons (Fsp3) is 0.0667. The number of pyridine rings is 1. The molecule has 0 N–H and O–H groups in total. The molecule has 2 nitrogen and oxygen atoms in total. The minimum Gasteiger partial charge on any atom is -0.252 e. The molecule has 0 saturated carbocycles. The van der Waals surface area contributed by atoms with E-state index < -0.39 is 11.7 Å². The second-order valence-corrected chi connectivity index (χ2v) is 6.30. The van der Waals surface area contributed by atoms with E-state index in [2.05, 4.69) is 9.97 Å². The lowest BCUT2D eigenvalue weighted by Gasteiger charge is -2.07. The van der Waals surface area contributed by atoms with Crippen LogP contribution in [0.25, 0.3) is 22.0 Å². The fourth-order valence-corrected chi connectivity index (χ4v) is 3.09. The van der Waals surface area contributed by atoms with E-state index in [1.54, 1.807) is 17.5 Å². The highest BCUT2D eigenvalue weighted by Crippen LogP contribution is 2.35. The van der Waals surface area contributed by atoms with E-state index in [4.69, 9.17) is 23.2 Å². The number of aromatic nitrogens is 2. The van der Waals surface area contributed by atoms with Gasteiger partial charge in [-0.3, -0.25) is 4.98 Å². The third-order valence-electron chi connectivity index (χ3n) is 3.01. The molecule has 0 radical (unpaired) electrons. The smallest absolute Gasteiger partial charge is 0.252 e.